The van der Waals surface area contributed by atoms with E-state index >= 15 is 0 Å². The molecule has 3 atom stereocenters. The molecule has 5 heteroatoms. The number of esters is 1. The maximum absolute atomic E-state index is 12.5. The first-order chi connectivity index (χ1) is 10.2. The Hall–Kier alpha value is -1.10. The zero-order valence-electron chi connectivity index (χ0n) is 12.8. The molecule has 1 unspecified atom stereocenters. The summed E-state index contributed by atoms with van der Waals surface area (Å²) in [5.74, 6) is 0.377. The fraction of sp³-hybridized carbons (Fsp3) is 0.875. The third-order valence-corrected chi connectivity index (χ3v) is 5.26. The number of amides is 1. The highest BCUT2D eigenvalue weighted by Gasteiger charge is 2.54. The molecule has 1 saturated carbocycles. The largest absolute Gasteiger partial charge is 0.466 e. The van der Waals surface area contributed by atoms with E-state index in [-0.39, 0.29) is 17.4 Å². The molecular weight excluding hydrogens is 270 g/mol. The third kappa shape index (κ3) is 2.93. The summed E-state index contributed by atoms with van der Waals surface area (Å²) in [6, 6.07) is 0. The minimum absolute atomic E-state index is 0.160. The van der Waals surface area contributed by atoms with Gasteiger partial charge >= 0.3 is 5.97 Å². The summed E-state index contributed by atoms with van der Waals surface area (Å²) < 4.78 is 10.4. The predicted molar refractivity (Wildman–Crippen MR) is 76.6 cm³/mol. The van der Waals surface area contributed by atoms with Crippen LogP contribution in [0.5, 0.6) is 0 Å². The Labute approximate surface area is 126 Å². The van der Waals surface area contributed by atoms with Gasteiger partial charge in [0, 0.05) is 13.0 Å². The lowest BCUT2D eigenvalue weighted by molar-refractivity contribution is -0.148. The van der Waals surface area contributed by atoms with E-state index in [1.54, 1.807) is 0 Å². The molecule has 0 aromatic carbocycles. The van der Waals surface area contributed by atoms with E-state index in [1.165, 1.54) is 6.42 Å². The molecule has 0 aromatic rings. The van der Waals surface area contributed by atoms with Gasteiger partial charge in [-0.05, 0) is 32.1 Å². The van der Waals surface area contributed by atoms with Crippen molar-refractivity contribution in [1.82, 2.24) is 4.90 Å². The van der Waals surface area contributed by atoms with Crippen molar-refractivity contribution < 1.29 is 19.1 Å². The first-order valence-electron chi connectivity index (χ1n) is 8.23. The average molecular weight is 295 g/mol. The van der Waals surface area contributed by atoms with Crippen LogP contribution in [-0.4, -0.2) is 48.2 Å². The van der Waals surface area contributed by atoms with Crippen LogP contribution in [0.25, 0.3) is 0 Å². The maximum atomic E-state index is 12.5. The molecule has 1 amide bonds. The van der Waals surface area contributed by atoms with Crippen molar-refractivity contribution in [2.24, 2.45) is 5.92 Å². The van der Waals surface area contributed by atoms with Crippen molar-refractivity contribution in [1.29, 1.82) is 0 Å². The Balaban J connectivity index is 1.76. The van der Waals surface area contributed by atoms with Crippen LogP contribution < -0.4 is 0 Å². The van der Waals surface area contributed by atoms with Crippen molar-refractivity contribution >= 4 is 11.9 Å². The molecule has 2 saturated heterocycles. The van der Waals surface area contributed by atoms with Gasteiger partial charge in [0.15, 0.2) is 0 Å². The zero-order chi connectivity index (χ0) is 14.9. The van der Waals surface area contributed by atoms with E-state index in [4.69, 9.17) is 9.47 Å². The second kappa shape index (κ2) is 5.95. The van der Waals surface area contributed by atoms with E-state index in [1.807, 2.05) is 11.8 Å². The summed E-state index contributed by atoms with van der Waals surface area (Å²) in [6.07, 6.45) is 6.44. The minimum atomic E-state index is -0.281. The van der Waals surface area contributed by atoms with Crippen LogP contribution in [0, 0.1) is 5.92 Å². The fourth-order valence-electron chi connectivity index (χ4n) is 4.16. The molecule has 3 rings (SSSR count). The summed E-state index contributed by atoms with van der Waals surface area (Å²) >= 11 is 0. The lowest BCUT2D eigenvalue weighted by atomic mass is 9.71. The van der Waals surface area contributed by atoms with E-state index < -0.39 is 0 Å². The monoisotopic (exact) mass is 295 g/mol. The molecule has 1 aliphatic carbocycles. The van der Waals surface area contributed by atoms with Crippen molar-refractivity contribution in [2.75, 3.05) is 19.8 Å². The molecule has 3 fully saturated rings. The molecule has 0 spiro atoms. The van der Waals surface area contributed by atoms with Crippen LogP contribution in [0.1, 0.15) is 51.9 Å². The summed E-state index contributed by atoms with van der Waals surface area (Å²) in [6.45, 7) is 3.77. The van der Waals surface area contributed by atoms with Gasteiger partial charge in [-0.1, -0.05) is 12.8 Å². The molecule has 5 nitrogen and oxygen atoms in total. The van der Waals surface area contributed by atoms with Crippen LogP contribution in [-0.2, 0) is 19.1 Å². The van der Waals surface area contributed by atoms with Crippen molar-refractivity contribution in [2.45, 2.75) is 63.5 Å². The van der Waals surface area contributed by atoms with Gasteiger partial charge in [0.2, 0.25) is 5.91 Å². The van der Waals surface area contributed by atoms with Gasteiger partial charge < -0.3 is 14.4 Å². The van der Waals surface area contributed by atoms with Gasteiger partial charge in [0.05, 0.1) is 31.3 Å². The number of fused-ring (bicyclic) bond motifs is 1. The quantitative estimate of drug-likeness (QED) is 0.554. The molecule has 21 heavy (non-hydrogen) atoms. The van der Waals surface area contributed by atoms with Crippen LogP contribution in [0.4, 0.5) is 0 Å². The molecule has 0 aromatic heterocycles. The molecule has 0 radical (unpaired) electrons. The highest BCUT2D eigenvalue weighted by atomic mass is 16.6. The number of epoxide rings is 1. The summed E-state index contributed by atoms with van der Waals surface area (Å²) in [5.41, 5.74) is -0.281. The number of ether oxygens (including phenoxy) is 2. The summed E-state index contributed by atoms with van der Waals surface area (Å²) in [4.78, 5) is 26.5. The number of nitrogens with zero attached hydrogens (tertiary/aromatic N) is 1. The van der Waals surface area contributed by atoms with E-state index in [9.17, 15) is 9.59 Å². The smallest absolute Gasteiger partial charge is 0.308 e. The minimum Gasteiger partial charge on any atom is -0.466 e. The predicted octanol–water partition coefficient (Wildman–Crippen LogP) is 1.89. The van der Waals surface area contributed by atoms with Crippen LogP contribution in [0.15, 0.2) is 0 Å². The van der Waals surface area contributed by atoms with Gasteiger partial charge in [-0.25, -0.2) is 0 Å². The first kappa shape index (κ1) is 14.8. The van der Waals surface area contributed by atoms with Gasteiger partial charge in [0.1, 0.15) is 0 Å². The highest BCUT2D eigenvalue weighted by Crippen LogP contribution is 2.48. The molecule has 2 heterocycles. The third-order valence-electron chi connectivity index (χ3n) is 5.26. The van der Waals surface area contributed by atoms with Crippen LogP contribution in [0.3, 0.4) is 0 Å². The maximum Gasteiger partial charge on any atom is 0.308 e. The number of likely N-dealkylation sites (tertiary alicyclic amines) is 1. The van der Waals surface area contributed by atoms with Gasteiger partial charge in [0.25, 0.3) is 0 Å². The highest BCUT2D eigenvalue weighted by molar-refractivity contribution is 5.82. The molecule has 2 aliphatic heterocycles. The topological polar surface area (TPSA) is 59.1 Å². The Bertz CT molecular complexity index is 421. The SMILES string of the molecule is CCOC(=O)C[C@]12CCCC[C@H]1CC(=O)N2CCC1CO1. The number of rotatable bonds is 6. The molecule has 0 bridgehead atoms. The number of hydrogen-bond acceptors (Lipinski definition) is 4. The number of hydrogen-bond donors (Lipinski definition) is 0. The van der Waals surface area contributed by atoms with Gasteiger partial charge in [-0.15, -0.1) is 0 Å². The van der Waals surface area contributed by atoms with Crippen LogP contribution >= 0.6 is 0 Å². The Morgan fingerprint density at radius 2 is 2.29 bits per heavy atom. The van der Waals surface area contributed by atoms with Crippen molar-refractivity contribution in [3.8, 4) is 0 Å². The van der Waals surface area contributed by atoms with Gasteiger partial charge in [-0.2, -0.15) is 0 Å². The molecule has 3 aliphatic rings. The molecular formula is C16H25NO4. The van der Waals surface area contributed by atoms with E-state index in [0.29, 0.717) is 31.5 Å². The summed E-state index contributed by atoms with van der Waals surface area (Å²) in [7, 11) is 0. The van der Waals surface area contributed by atoms with Gasteiger partial charge in [-0.3, -0.25) is 9.59 Å². The lowest BCUT2D eigenvalue weighted by Crippen LogP contribution is -2.52. The number of carbonyl (C=O) groups excluding carboxylic acids is 2. The second-order valence-corrected chi connectivity index (χ2v) is 6.52. The second-order valence-electron chi connectivity index (χ2n) is 6.52. The van der Waals surface area contributed by atoms with E-state index in [0.717, 1.165) is 38.8 Å². The number of carbonyl (C=O) groups is 2. The Morgan fingerprint density at radius 1 is 1.48 bits per heavy atom. The zero-order valence-corrected chi connectivity index (χ0v) is 12.8. The summed E-state index contributed by atoms with van der Waals surface area (Å²) in [5, 5.41) is 0. The fourth-order valence-corrected chi connectivity index (χ4v) is 4.16. The Kier molecular flexibility index (Phi) is 4.20. The average Bonchev–Trinajstić information content (AvgIpc) is 3.22. The van der Waals surface area contributed by atoms with Crippen LogP contribution in [0.2, 0.25) is 0 Å². The Morgan fingerprint density at radius 3 is 3.00 bits per heavy atom. The molecule has 0 N–H and O–H groups in total. The van der Waals surface area contributed by atoms with Crippen molar-refractivity contribution in [3.63, 3.8) is 0 Å². The van der Waals surface area contributed by atoms with E-state index in [2.05, 4.69) is 0 Å². The lowest BCUT2D eigenvalue weighted by Gasteiger charge is -2.44. The van der Waals surface area contributed by atoms with Crippen molar-refractivity contribution in [3.05, 3.63) is 0 Å². The first-order valence-corrected chi connectivity index (χ1v) is 8.23. The molecule has 118 valence electrons. The standard InChI is InChI=1S/C16H25NO4/c1-2-20-15(19)10-16-7-4-3-5-12(16)9-14(18)17(16)8-6-13-11-21-13/h12-13H,2-11H2,1H3/t12-,13?,16+/m0/s1. The normalized spacial score (nSPS) is 34.7.